The molecule has 0 aliphatic carbocycles. The molecule has 0 saturated heterocycles. The molecule has 0 unspecified atom stereocenters. The molecule has 24 heavy (non-hydrogen) atoms. The predicted octanol–water partition coefficient (Wildman–Crippen LogP) is 1.79. The standard InChI is InChI=1S/C15H25N2O6P/c1-5-9-16(14(18)7-3)11-13(23-24(20,21)22)12-17(10-6-2)15(19)8-4/h7-8,11H,3-6,9-10,12H2,1-2H3,(H2,20,21,22). The zero-order chi connectivity index (χ0) is 18.8. The molecule has 0 atom stereocenters. The largest absolute Gasteiger partial charge is 0.524 e. The zero-order valence-corrected chi connectivity index (χ0v) is 14.9. The Labute approximate surface area is 142 Å². The maximum Gasteiger partial charge on any atom is 0.524 e. The van der Waals surface area contributed by atoms with Gasteiger partial charge in [-0.05, 0) is 25.0 Å². The van der Waals surface area contributed by atoms with Crippen LogP contribution in [0.2, 0.25) is 0 Å². The third kappa shape index (κ3) is 8.67. The van der Waals surface area contributed by atoms with E-state index in [4.69, 9.17) is 9.79 Å². The highest BCUT2D eigenvalue weighted by molar-refractivity contribution is 7.46. The van der Waals surface area contributed by atoms with Gasteiger partial charge >= 0.3 is 7.82 Å². The number of phosphoric acid groups is 1. The Morgan fingerprint density at radius 2 is 1.62 bits per heavy atom. The first-order chi connectivity index (χ1) is 11.2. The second-order valence-electron chi connectivity index (χ2n) is 4.88. The summed E-state index contributed by atoms with van der Waals surface area (Å²) in [6, 6.07) is 0. The van der Waals surface area contributed by atoms with Gasteiger partial charge in [0.15, 0.2) is 0 Å². The first-order valence-corrected chi connectivity index (χ1v) is 9.01. The molecule has 0 bridgehead atoms. The molecular weight excluding hydrogens is 335 g/mol. The van der Waals surface area contributed by atoms with Crippen molar-refractivity contribution in [1.29, 1.82) is 0 Å². The van der Waals surface area contributed by atoms with Crippen molar-refractivity contribution in [2.45, 2.75) is 26.7 Å². The van der Waals surface area contributed by atoms with Crippen molar-refractivity contribution >= 4 is 19.6 Å². The maximum absolute atomic E-state index is 11.8. The lowest BCUT2D eigenvalue weighted by Crippen LogP contribution is -2.33. The Balaban J connectivity index is 5.61. The monoisotopic (exact) mass is 360 g/mol. The van der Waals surface area contributed by atoms with Crippen molar-refractivity contribution in [3.63, 3.8) is 0 Å². The van der Waals surface area contributed by atoms with Gasteiger partial charge in [0.1, 0.15) is 5.76 Å². The minimum absolute atomic E-state index is 0.198. The Hall–Kier alpha value is -1.89. The molecule has 0 aliphatic rings. The Bertz CT molecular complexity index is 540. The van der Waals surface area contributed by atoms with Gasteiger partial charge in [0.25, 0.3) is 0 Å². The Morgan fingerprint density at radius 3 is 2.04 bits per heavy atom. The summed E-state index contributed by atoms with van der Waals surface area (Å²) in [5, 5.41) is 0. The van der Waals surface area contributed by atoms with Crippen LogP contribution in [0.5, 0.6) is 0 Å². The summed E-state index contributed by atoms with van der Waals surface area (Å²) in [4.78, 5) is 44.3. The first-order valence-electron chi connectivity index (χ1n) is 7.48. The Morgan fingerprint density at radius 1 is 1.08 bits per heavy atom. The zero-order valence-electron chi connectivity index (χ0n) is 14.1. The summed E-state index contributed by atoms with van der Waals surface area (Å²) < 4.78 is 15.8. The van der Waals surface area contributed by atoms with Gasteiger partial charge in [0.05, 0.1) is 6.54 Å². The fraction of sp³-hybridized carbons (Fsp3) is 0.467. The SMILES string of the molecule is C=CC(=O)N(C=C(CN(CCC)C(=O)C=C)OP(=O)(O)O)CCC. The van der Waals surface area contributed by atoms with Crippen LogP contribution in [0.25, 0.3) is 0 Å². The van der Waals surface area contributed by atoms with Crippen LogP contribution in [0.3, 0.4) is 0 Å². The molecule has 0 saturated carbocycles. The molecule has 2 N–H and O–H groups in total. The van der Waals surface area contributed by atoms with Gasteiger partial charge in [-0.1, -0.05) is 27.0 Å². The van der Waals surface area contributed by atoms with Crippen molar-refractivity contribution in [2.24, 2.45) is 0 Å². The topological polar surface area (TPSA) is 107 Å². The van der Waals surface area contributed by atoms with Crippen molar-refractivity contribution in [3.8, 4) is 0 Å². The average molecular weight is 360 g/mol. The van der Waals surface area contributed by atoms with E-state index in [0.29, 0.717) is 25.9 Å². The van der Waals surface area contributed by atoms with E-state index in [1.807, 2.05) is 13.8 Å². The summed E-state index contributed by atoms with van der Waals surface area (Å²) >= 11 is 0. The number of phosphoric ester groups is 1. The van der Waals surface area contributed by atoms with Crippen molar-refractivity contribution in [2.75, 3.05) is 19.6 Å². The molecule has 8 nitrogen and oxygen atoms in total. The third-order valence-electron chi connectivity index (χ3n) is 2.78. The van der Waals surface area contributed by atoms with Crippen LogP contribution in [0.1, 0.15) is 26.7 Å². The van der Waals surface area contributed by atoms with Crippen LogP contribution in [-0.2, 0) is 18.7 Å². The predicted molar refractivity (Wildman–Crippen MR) is 90.5 cm³/mol. The molecule has 0 aliphatic heterocycles. The summed E-state index contributed by atoms with van der Waals surface area (Å²) in [7, 11) is -4.85. The molecule has 2 amide bonds. The fourth-order valence-electron chi connectivity index (χ4n) is 1.87. The maximum atomic E-state index is 11.8. The van der Waals surface area contributed by atoms with E-state index in [0.717, 1.165) is 12.2 Å². The van der Waals surface area contributed by atoms with E-state index in [1.54, 1.807) is 0 Å². The van der Waals surface area contributed by atoms with Gasteiger partial charge in [0.2, 0.25) is 11.8 Å². The number of hydrogen-bond donors (Lipinski definition) is 2. The lowest BCUT2D eigenvalue weighted by Gasteiger charge is -2.24. The molecule has 0 heterocycles. The Kier molecular flexibility index (Phi) is 9.95. The number of carbonyl (C=O) groups excluding carboxylic acids is 2. The van der Waals surface area contributed by atoms with Crippen LogP contribution in [-0.4, -0.2) is 51.0 Å². The van der Waals surface area contributed by atoms with E-state index < -0.39 is 19.6 Å². The van der Waals surface area contributed by atoms with Crippen LogP contribution in [0.15, 0.2) is 37.3 Å². The molecule has 0 rings (SSSR count). The minimum Gasteiger partial charge on any atom is -0.405 e. The van der Waals surface area contributed by atoms with Crippen molar-refractivity contribution in [1.82, 2.24) is 9.80 Å². The van der Waals surface area contributed by atoms with E-state index in [9.17, 15) is 14.2 Å². The highest BCUT2D eigenvalue weighted by atomic mass is 31.2. The van der Waals surface area contributed by atoms with E-state index in [1.165, 1.54) is 16.0 Å². The number of hydrogen-bond acceptors (Lipinski definition) is 4. The van der Waals surface area contributed by atoms with E-state index in [-0.39, 0.29) is 12.3 Å². The number of amides is 2. The highest BCUT2D eigenvalue weighted by Gasteiger charge is 2.22. The average Bonchev–Trinajstić information content (AvgIpc) is 2.50. The first kappa shape index (κ1) is 22.1. The smallest absolute Gasteiger partial charge is 0.405 e. The summed E-state index contributed by atoms with van der Waals surface area (Å²) in [6.07, 6.45) is 4.62. The summed E-state index contributed by atoms with van der Waals surface area (Å²) in [6.45, 7) is 10.9. The lowest BCUT2D eigenvalue weighted by molar-refractivity contribution is -0.126. The van der Waals surface area contributed by atoms with Crippen LogP contribution in [0, 0.1) is 0 Å². The number of nitrogens with zero attached hydrogens (tertiary/aromatic N) is 2. The second kappa shape index (κ2) is 10.8. The van der Waals surface area contributed by atoms with Gasteiger partial charge in [-0.15, -0.1) is 0 Å². The fourth-order valence-corrected chi connectivity index (χ4v) is 2.28. The van der Waals surface area contributed by atoms with Gasteiger partial charge in [-0.3, -0.25) is 19.4 Å². The molecule has 0 aromatic rings. The van der Waals surface area contributed by atoms with Crippen LogP contribution < -0.4 is 0 Å². The second-order valence-corrected chi connectivity index (χ2v) is 6.04. The quantitative estimate of drug-likeness (QED) is 0.330. The molecule has 0 radical (unpaired) electrons. The normalized spacial score (nSPS) is 11.6. The van der Waals surface area contributed by atoms with E-state index >= 15 is 0 Å². The number of carbonyl (C=O) groups is 2. The number of rotatable bonds is 11. The van der Waals surface area contributed by atoms with Crippen LogP contribution >= 0.6 is 7.82 Å². The molecular formula is C15H25N2O6P. The molecule has 0 fully saturated rings. The molecule has 136 valence electrons. The van der Waals surface area contributed by atoms with Crippen molar-refractivity contribution in [3.05, 3.63) is 37.3 Å². The molecule has 0 spiro atoms. The summed E-state index contributed by atoms with van der Waals surface area (Å²) in [5.74, 6) is -1.05. The van der Waals surface area contributed by atoms with Gasteiger partial charge in [-0.25, -0.2) is 4.57 Å². The van der Waals surface area contributed by atoms with Gasteiger partial charge < -0.3 is 14.3 Å². The summed E-state index contributed by atoms with van der Waals surface area (Å²) in [5.41, 5.74) is 0. The highest BCUT2D eigenvalue weighted by Crippen LogP contribution is 2.39. The van der Waals surface area contributed by atoms with E-state index in [2.05, 4.69) is 17.7 Å². The minimum atomic E-state index is -4.85. The lowest BCUT2D eigenvalue weighted by atomic mass is 10.3. The molecule has 0 aromatic carbocycles. The van der Waals surface area contributed by atoms with Crippen molar-refractivity contribution < 1.29 is 28.5 Å². The molecule has 9 heteroatoms. The molecule has 0 aromatic heterocycles. The van der Waals surface area contributed by atoms with Gasteiger partial charge in [0, 0.05) is 19.3 Å². The third-order valence-corrected chi connectivity index (χ3v) is 3.26. The van der Waals surface area contributed by atoms with Crippen LogP contribution in [0.4, 0.5) is 0 Å². The van der Waals surface area contributed by atoms with Gasteiger partial charge in [-0.2, -0.15) is 0 Å².